The van der Waals surface area contributed by atoms with Gasteiger partial charge in [-0.25, -0.2) is 4.79 Å². The number of carbonyl (C=O) groups is 2. The topological polar surface area (TPSA) is 63.6 Å². The first-order valence-corrected chi connectivity index (χ1v) is 6.50. The second-order valence-electron chi connectivity index (χ2n) is 3.65. The van der Waals surface area contributed by atoms with E-state index in [1.165, 1.54) is 24.3 Å². The molecule has 0 saturated heterocycles. The summed E-state index contributed by atoms with van der Waals surface area (Å²) in [6.45, 7) is -0.337. The average molecular weight is 297 g/mol. The molecule has 0 saturated carbocycles. The van der Waals surface area contributed by atoms with Gasteiger partial charge < -0.3 is 9.84 Å². The van der Waals surface area contributed by atoms with Crippen molar-refractivity contribution in [3.63, 3.8) is 0 Å². The van der Waals surface area contributed by atoms with Crippen molar-refractivity contribution in [3.05, 3.63) is 51.2 Å². The fourth-order valence-electron chi connectivity index (χ4n) is 1.35. The molecule has 0 spiro atoms. The normalized spacial score (nSPS) is 10.2. The first-order chi connectivity index (χ1) is 9.06. The predicted octanol–water partition coefficient (Wildman–Crippen LogP) is 3.15. The quantitative estimate of drug-likeness (QED) is 0.695. The minimum Gasteiger partial charge on any atom is -0.508 e. The lowest BCUT2D eigenvalue weighted by Gasteiger charge is -2.03. The van der Waals surface area contributed by atoms with Gasteiger partial charge in [-0.2, -0.15) is 0 Å². The molecule has 0 aliphatic rings. The number of esters is 1. The molecular weight excluding hydrogens is 288 g/mol. The molecule has 0 aliphatic carbocycles. The van der Waals surface area contributed by atoms with Crippen LogP contribution in [0.2, 0.25) is 4.34 Å². The molecule has 0 amide bonds. The summed E-state index contributed by atoms with van der Waals surface area (Å²) in [5.41, 5.74) is 0.273. The van der Waals surface area contributed by atoms with Crippen LogP contribution in [0.4, 0.5) is 0 Å². The molecule has 1 aromatic heterocycles. The lowest BCUT2D eigenvalue weighted by molar-refractivity contribution is 0.0476. The Morgan fingerprint density at radius 3 is 2.42 bits per heavy atom. The van der Waals surface area contributed by atoms with Crippen molar-refractivity contribution in [2.75, 3.05) is 6.61 Å². The molecule has 0 radical (unpaired) electrons. The molecule has 0 aliphatic heterocycles. The summed E-state index contributed by atoms with van der Waals surface area (Å²) in [5, 5.41) is 9.09. The molecule has 4 nitrogen and oxygen atoms in total. The fourth-order valence-corrected chi connectivity index (χ4v) is 2.31. The Balaban J connectivity index is 1.93. The van der Waals surface area contributed by atoms with Crippen molar-refractivity contribution in [3.8, 4) is 5.75 Å². The summed E-state index contributed by atoms with van der Waals surface area (Å²) >= 11 is 6.85. The van der Waals surface area contributed by atoms with E-state index in [1.54, 1.807) is 12.1 Å². The van der Waals surface area contributed by atoms with Gasteiger partial charge in [-0.05, 0) is 36.4 Å². The highest BCUT2D eigenvalue weighted by molar-refractivity contribution is 7.18. The van der Waals surface area contributed by atoms with Crippen LogP contribution in [0.5, 0.6) is 5.75 Å². The van der Waals surface area contributed by atoms with Gasteiger partial charge in [-0.3, -0.25) is 4.79 Å². The van der Waals surface area contributed by atoms with Gasteiger partial charge in [-0.1, -0.05) is 11.6 Å². The third-order valence-electron chi connectivity index (χ3n) is 2.29. The molecule has 0 atom stereocenters. The molecule has 98 valence electrons. The minimum absolute atomic E-state index is 0.0563. The van der Waals surface area contributed by atoms with E-state index in [4.69, 9.17) is 21.4 Å². The van der Waals surface area contributed by atoms with E-state index in [2.05, 4.69) is 0 Å². The number of aromatic hydroxyl groups is 1. The van der Waals surface area contributed by atoms with Gasteiger partial charge >= 0.3 is 5.97 Å². The Morgan fingerprint density at radius 2 is 1.84 bits per heavy atom. The number of thiophene rings is 1. The first kappa shape index (κ1) is 13.6. The van der Waals surface area contributed by atoms with Gasteiger partial charge in [0.25, 0.3) is 0 Å². The Labute approximate surface area is 118 Å². The summed E-state index contributed by atoms with van der Waals surface area (Å²) in [6, 6.07) is 8.79. The molecule has 19 heavy (non-hydrogen) atoms. The molecule has 2 rings (SSSR count). The van der Waals surface area contributed by atoms with E-state index >= 15 is 0 Å². The van der Waals surface area contributed by atoms with Gasteiger partial charge in [0.1, 0.15) is 5.75 Å². The summed E-state index contributed by atoms with van der Waals surface area (Å²) in [4.78, 5) is 23.7. The van der Waals surface area contributed by atoms with Crippen molar-refractivity contribution in [2.24, 2.45) is 0 Å². The maximum absolute atomic E-state index is 11.7. The van der Waals surface area contributed by atoms with Crippen LogP contribution >= 0.6 is 22.9 Å². The van der Waals surface area contributed by atoms with E-state index in [0.29, 0.717) is 9.21 Å². The lowest BCUT2D eigenvalue weighted by atomic mass is 10.2. The van der Waals surface area contributed by atoms with E-state index in [1.807, 2.05) is 0 Å². The number of hydrogen-bond acceptors (Lipinski definition) is 5. The first-order valence-electron chi connectivity index (χ1n) is 5.31. The minimum atomic E-state index is -0.615. The van der Waals surface area contributed by atoms with Gasteiger partial charge in [0, 0.05) is 0 Å². The monoisotopic (exact) mass is 296 g/mol. The van der Waals surface area contributed by atoms with Gasteiger partial charge in [0.2, 0.25) is 5.78 Å². The molecule has 2 aromatic rings. The van der Waals surface area contributed by atoms with Gasteiger partial charge in [0.15, 0.2) is 6.61 Å². The van der Waals surface area contributed by atoms with E-state index in [-0.39, 0.29) is 23.7 Å². The number of halogens is 1. The van der Waals surface area contributed by atoms with Crippen molar-refractivity contribution in [1.29, 1.82) is 0 Å². The molecule has 1 N–H and O–H groups in total. The van der Waals surface area contributed by atoms with Crippen molar-refractivity contribution in [1.82, 2.24) is 0 Å². The molecule has 1 heterocycles. The summed E-state index contributed by atoms with van der Waals surface area (Å²) in [5.74, 6) is -0.860. The van der Waals surface area contributed by atoms with Crippen LogP contribution in [-0.4, -0.2) is 23.5 Å². The SMILES string of the molecule is O=C(OCC(=O)c1ccc(Cl)s1)c1ccc(O)cc1. The largest absolute Gasteiger partial charge is 0.508 e. The number of Topliss-reactive ketones (excluding diaryl/α,β-unsaturated/α-hetero) is 1. The maximum Gasteiger partial charge on any atom is 0.338 e. The number of phenols is 1. The van der Waals surface area contributed by atoms with Crippen LogP contribution in [-0.2, 0) is 4.74 Å². The fraction of sp³-hybridized carbons (Fsp3) is 0.0769. The number of phenolic OH excluding ortho intramolecular Hbond substituents is 1. The second-order valence-corrected chi connectivity index (χ2v) is 5.37. The zero-order chi connectivity index (χ0) is 13.8. The van der Waals surface area contributed by atoms with Crippen LogP contribution in [0, 0.1) is 0 Å². The third-order valence-corrected chi connectivity index (χ3v) is 3.56. The Kier molecular flexibility index (Phi) is 4.19. The zero-order valence-corrected chi connectivity index (χ0v) is 11.2. The molecule has 1 aromatic carbocycles. The van der Waals surface area contributed by atoms with Gasteiger partial charge in [0.05, 0.1) is 14.8 Å². The lowest BCUT2D eigenvalue weighted by Crippen LogP contribution is -2.13. The number of carbonyl (C=O) groups excluding carboxylic acids is 2. The maximum atomic E-state index is 11.7. The molecule has 0 unspecified atom stereocenters. The zero-order valence-electron chi connectivity index (χ0n) is 9.63. The van der Waals surface area contributed by atoms with Crippen molar-refractivity contribution >= 4 is 34.7 Å². The summed E-state index contributed by atoms with van der Waals surface area (Å²) in [6.07, 6.45) is 0. The van der Waals surface area contributed by atoms with Gasteiger partial charge in [-0.15, -0.1) is 11.3 Å². The molecule has 0 fully saturated rings. The van der Waals surface area contributed by atoms with E-state index < -0.39 is 5.97 Å². The smallest absolute Gasteiger partial charge is 0.338 e. The standard InChI is InChI=1S/C13H9ClO4S/c14-12-6-5-11(19-12)10(16)7-18-13(17)8-1-3-9(15)4-2-8/h1-6,15H,7H2. The van der Waals surface area contributed by atoms with Crippen LogP contribution in [0.3, 0.4) is 0 Å². The van der Waals surface area contributed by atoms with Crippen LogP contribution in [0.15, 0.2) is 36.4 Å². The van der Waals surface area contributed by atoms with Crippen LogP contribution in [0.1, 0.15) is 20.0 Å². The Morgan fingerprint density at radius 1 is 1.16 bits per heavy atom. The number of hydrogen-bond donors (Lipinski definition) is 1. The number of benzene rings is 1. The highest BCUT2D eigenvalue weighted by atomic mass is 35.5. The number of ether oxygens (including phenoxy) is 1. The molecule has 6 heteroatoms. The Bertz CT molecular complexity index is 603. The predicted molar refractivity (Wildman–Crippen MR) is 72.0 cm³/mol. The molecule has 0 bridgehead atoms. The van der Waals surface area contributed by atoms with E-state index in [9.17, 15) is 9.59 Å². The van der Waals surface area contributed by atoms with Crippen molar-refractivity contribution in [2.45, 2.75) is 0 Å². The average Bonchev–Trinajstić information content (AvgIpc) is 2.83. The Hall–Kier alpha value is -1.85. The number of ketones is 1. The highest BCUT2D eigenvalue weighted by Gasteiger charge is 2.13. The second kappa shape index (κ2) is 5.86. The third kappa shape index (κ3) is 3.56. The van der Waals surface area contributed by atoms with Crippen LogP contribution in [0.25, 0.3) is 0 Å². The van der Waals surface area contributed by atoms with Crippen LogP contribution < -0.4 is 0 Å². The number of rotatable bonds is 4. The van der Waals surface area contributed by atoms with Crippen molar-refractivity contribution < 1.29 is 19.4 Å². The summed E-state index contributed by atoms with van der Waals surface area (Å²) in [7, 11) is 0. The highest BCUT2D eigenvalue weighted by Crippen LogP contribution is 2.21. The molecular formula is C13H9ClO4S. The van der Waals surface area contributed by atoms with E-state index in [0.717, 1.165) is 11.3 Å². The summed E-state index contributed by atoms with van der Waals surface area (Å²) < 4.78 is 5.39.